The van der Waals surface area contributed by atoms with Crippen LogP contribution in [0.25, 0.3) is 22.2 Å². The molecule has 26 heavy (non-hydrogen) atoms. The fraction of sp³-hybridized carbons (Fsp3) is 0.143. The van der Waals surface area contributed by atoms with E-state index in [4.69, 9.17) is 14.5 Å². The summed E-state index contributed by atoms with van der Waals surface area (Å²) in [5.41, 5.74) is 2.75. The minimum atomic E-state index is -0.169. The zero-order chi connectivity index (χ0) is 18.5. The number of aromatic nitrogens is 1. The molecule has 0 saturated carbocycles. The van der Waals surface area contributed by atoms with Gasteiger partial charge in [0.05, 0.1) is 31.0 Å². The Morgan fingerprint density at radius 3 is 2.69 bits per heavy atom. The fourth-order valence-electron chi connectivity index (χ4n) is 2.77. The first-order chi connectivity index (χ1) is 12.7. The van der Waals surface area contributed by atoms with Crippen LogP contribution in [0.3, 0.4) is 0 Å². The summed E-state index contributed by atoms with van der Waals surface area (Å²) in [6, 6.07) is 14.9. The summed E-state index contributed by atoms with van der Waals surface area (Å²) in [5.74, 6) is 1.15. The lowest BCUT2D eigenvalue weighted by atomic mass is 10.0. The highest BCUT2D eigenvalue weighted by Gasteiger charge is 2.16. The van der Waals surface area contributed by atoms with Gasteiger partial charge >= 0.3 is 0 Å². The Hall–Kier alpha value is -3.34. The van der Waals surface area contributed by atoms with Crippen LogP contribution in [0, 0.1) is 0 Å². The van der Waals surface area contributed by atoms with E-state index in [9.17, 15) is 4.79 Å². The van der Waals surface area contributed by atoms with Crippen molar-refractivity contribution in [1.29, 1.82) is 0 Å². The molecular weight excluding hydrogens is 328 g/mol. The van der Waals surface area contributed by atoms with Gasteiger partial charge in [-0.2, -0.15) is 0 Å². The first-order valence-electron chi connectivity index (χ1n) is 8.19. The maximum absolute atomic E-state index is 12.6. The van der Waals surface area contributed by atoms with Gasteiger partial charge in [-0.25, -0.2) is 4.98 Å². The molecular formula is C21H20N2O3. The van der Waals surface area contributed by atoms with Crippen LogP contribution in [0.15, 0.2) is 61.2 Å². The molecule has 132 valence electrons. The molecule has 5 nitrogen and oxygen atoms in total. The molecule has 0 bridgehead atoms. The Bertz CT molecular complexity index is 967. The number of carbonyl (C=O) groups excluding carboxylic acids is 1. The van der Waals surface area contributed by atoms with E-state index in [1.807, 2.05) is 36.4 Å². The highest BCUT2D eigenvalue weighted by Crippen LogP contribution is 2.34. The van der Waals surface area contributed by atoms with Crippen LogP contribution in [0.5, 0.6) is 11.5 Å². The van der Waals surface area contributed by atoms with Gasteiger partial charge in [0.15, 0.2) is 0 Å². The molecule has 2 aromatic carbocycles. The van der Waals surface area contributed by atoms with E-state index in [-0.39, 0.29) is 5.91 Å². The number of hydrogen-bond acceptors (Lipinski definition) is 4. The first kappa shape index (κ1) is 17.5. The number of nitrogens with zero attached hydrogens (tertiary/aromatic N) is 1. The molecule has 1 heterocycles. The third-order valence-electron chi connectivity index (χ3n) is 4.05. The predicted molar refractivity (Wildman–Crippen MR) is 103 cm³/mol. The van der Waals surface area contributed by atoms with Crippen LogP contribution in [-0.2, 0) is 0 Å². The minimum Gasteiger partial charge on any atom is -0.497 e. The second-order valence-corrected chi connectivity index (χ2v) is 5.64. The number of benzene rings is 2. The molecule has 0 saturated heterocycles. The Kier molecular flexibility index (Phi) is 5.17. The molecule has 0 fully saturated rings. The summed E-state index contributed by atoms with van der Waals surface area (Å²) in [6.45, 7) is 4.04. The normalized spacial score (nSPS) is 10.4. The molecule has 5 heteroatoms. The SMILES string of the molecule is C=CCNC(=O)c1cc(-c2ccc(OC)cc2OC)nc2ccccc12. The van der Waals surface area contributed by atoms with E-state index in [1.54, 1.807) is 32.4 Å². The molecule has 0 atom stereocenters. The maximum atomic E-state index is 12.6. The molecule has 0 radical (unpaired) electrons. The molecule has 0 spiro atoms. The van der Waals surface area contributed by atoms with Gasteiger partial charge in [-0.3, -0.25) is 4.79 Å². The van der Waals surface area contributed by atoms with Crippen molar-refractivity contribution in [3.63, 3.8) is 0 Å². The van der Waals surface area contributed by atoms with Gasteiger partial charge in [0, 0.05) is 23.6 Å². The minimum absolute atomic E-state index is 0.169. The number of ether oxygens (including phenoxy) is 2. The second-order valence-electron chi connectivity index (χ2n) is 5.64. The summed E-state index contributed by atoms with van der Waals surface area (Å²) >= 11 is 0. The van der Waals surface area contributed by atoms with Crippen molar-refractivity contribution in [3.8, 4) is 22.8 Å². The van der Waals surface area contributed by atoms with Crippen LogP contribution < -0.4 is 14.8 Å². The number of para-hydroxylation sites is 1. The van der Waals surface area contributed by atoms with Gasteiger partial charge < -0.3 is 14.8 Å². The van der Waals surface area contributed by atoms with E-state index < -0.39 is 0 Å². The van der Waals surface area contributed by atoms with Crippen molar-refractivity contribution in [2.75, 3.05) is 20.8 Å². The smallest absolute Gasteiger partial charge is 0.252 e. The number of carbonyl (C=O) groups is 1. The zero-order valence-electron chi connectivity index (χ0n) is 14.8. The van der Waals surface area contributed by atoms with Gasteiger partial charge in [0.25, 0.3) is 5.91 Å². The summed E-state index contributed by atoms with van der Waals surface area (Å²) in [5, 5.41) is 3.63. The van der Waals surface area contributed by atoms with Crippen molar-refractivity contribution in [2.45, 2.75) is 0 Å². The molecule has 0 aliphatic carbocycles. The van der Waals surface area contributed by atoms with Crippen molar-refractivity contribution in [2.24, 2.45) is 0 Å². The van der Waals surface area contributed by atoms with E-state index >= 15 is 0 Å². The Morgan fingerprint density at radius 2 is 1.96 bits per heavy atom. The molecule has 0 aliphatic rings. The van der Waals surface area contributed by atoms with E-state index in [0.717, 1.165) is 16.5 Å². The maximum Gasteiger partial charge on any atom is 0.252 e. The van der Waals surface area contributed by atoms with Crippen molar-refractivity contribution in [3.05, 3.63) is 66.7 Å². The standard InChI is InChI=1S/C21H20N2O3/c1-4-11-22-21(24)17-13-19(23-18-8-6-5-7-15(17)18)16-10-9-14(25-2)12-20(16)26-3/h4-10,12-13H,1,11H2,2-3H3,(H,22,24). The molecule has 3 aromatic rings. The summed E-state index contributed by atoms with van der Waals surface area (Å²) in [7, 11) is 3.20. The third kappa shape index (κ3) is 3.37. The molecule has 3 rings (SSSR count). The average molecular weight is 348 g/mol. The highest BCUT2D eigenvalue weighted by molar-refractivity contribution is 6.07. The molecule has 1 amide bonds. The fourth-order valence-corrected chi connectivity index (χ4v) is 2.77. The average Bonchev–Trinajstić information content (AvgIpc) is 2.70. The van der Waals surface area contributed by atoms with E-state index in [1.165, 1.54) is 0 Å². The summed E-state index contributed by atoms with van der Waals surface area (Å²) < 4.78 is 10.7. The summed E-state index contributed by atoms with van der Waals surface area (Å²) in [4.78, 5) is 17.3. The van der Waals surface area contributed by atoms with Crippen LogP contribution in [0.1, 0.15) is 10.4 Å². The Morgan fingerprint density at radius 1 is 1.15 bits per heavy atom. The topological polar surface area (TPSA) is 60.5 Å². The van der Waals surface area contributed by atoms with Gasteiger partial charge in [0.2, 0.25) is 0 Å². The quantitative estimate of drug-likeness (QED) is 0.688. The second kappa shape index (κ2) is 7.70. The van der Waals surface area contributed by atoms with Gasteiger partial charge in [0.1, 0.15) is 11.5 Å². The van der Waals surface area contributed by atoms with Crippen LogP contribution in [0.2, 0.25) is 0 Å². The molecule has 1 aromatic heterocycles. The van der Waals surface area contributed by atoms with Gasteiger partial charge in [-0.15, -0.1) is 6.58 Å². The lowest BCUT2D eigenvalue weighted by Gasteiger charge is -2.13. The third-order valence-corrected chi connectivity index (χ3v) is 4.05. The summed E-state index contributed by atoms with van der Waals surface area (Å²) in [6.07, 6.45) is 1.65. The number of amides is 1. The molecule has 0 aliphatic heterocycles. The lowest BCUT2D eigenvalue weighted by Crippen LogP contribution is -2.23. The van der Waals surface area contributed by atoms with Crippen LogP contribution in [0.4, 0.5) is 0 Å². The monoisotopic (exact) mass is 348 g/mol. The Labute approximate surface area is 152 Å². The van der Waals surface area contributed by atoms with Crippen molar-refractivity contribution in [1.82, 2.24) is 10.3 Å². The Balaban J connectivity index is 2.18. The predicted octanol–water partition coefficient (Wildman–Crippen LogP) is 3.83. The number of fused-ring (bicyclic) bond motifs is 1. The van der Waals surface area contributed by atoms with Gasteiger partial charge in [-0.05, 0) is 24.3 Å². The number of nitrogens with one attached hydrogen (secondary N) is 1. The van der Waals surface area contributed by atoms with Crippen LogP contribution in [-0.4, -0.2) is 31.7 Å². The van der Waals surface area contributed by atoms with Crippen LogP contribution >= 0.6 is 0 Å². The zero-order valence-corrected chi connectivity index (χ0v) is 14.8. The number of pyridine rings is 1. The van der Waals surface area contributed by atoms with E-state index in [2.05, 4.69) is 11.9 Å². The number of methoxy groups -OCH3 is 2. The first-order valence-corrected chi connectivity index (χ1v) is 8.19. The van der Waals surface area contributed by atoms with Crippen molar-refractivity contribution >= 4 is 16.8 Å². The largest absolute Gasteiger partial charge is 0.497 e. The van der Waals surface area contributed by atoms with Crippen molar-refractivity contribution < 1.29 is 14.3 Å². The number of hydrogen-bond donors (Lipinski definition) is 1. The van der Waals surface area contributed by atoms with Gasteiger partial charge in [-0.1, -0.05) is 24.3 Å². The number of rotatable bonds is 6. The lowest BCUT2D eigenvalue weighted by molar-refractivity contribution is 0.0959. The highest BCUT2D eigenvalue weighted by atomic mass is 16.5. The molecule has 1 N–H and O–H groups in total. The molecule has 0 unspecified atom stereocenters. The van der Waals surface area contributed by atoms with E-state index in [0.29, 0.717) is 29.3 Å².